The molecule has 0 fully saturated rings. The zero-order chi connectivity index (χ0) is 16.6. The Morgan fingerprint density at radius 2 is 2.12 bits per heavy atom. The lowest BCUT2D eigenvalue weighted by Crippen LogP contribution is -2.25. The second kappa shape index (κ2) is 7.79. The van der Waals surface area contributed by atoms with Gasteiger partial charge in [-0.2, -0.15) is 0 Å². The second-order valence-electron chi connectivity index (χ2n) is 4.91. The fourth-order valence-corrected chi connectivity index (χ4v) is 2.09. The third-order valence-corrected chi connectivity index (χ3v) is 3.22. The quantitative estimate of drug-likeness (QED) is 0.727. The van der Waals surface area contributed by atoms with Crippen LogP contribution in [-0.2, 0) is 11.2 Å². The summed E-state index contributed by atoms with van der Waals surface area (Å²) in [6, 6.07) is 11.0. The maximum atomic E-state index is 11.9. The zero-order valence-electron chi connectivity index (χ0n) is 12.9. The van der Waals surface area contributed by atoms with Crippen molar-refractivity contribution in [1.82, 2.24) is 15.5 Å². The van der Waals surface area contributed by atoms with E-state index in [0.717, 1.165) is 5.39 Å². The van der Waals surface area contributed by atoms with Crippen LogP contribution >= 0.6 is 0 Å². The van der Waals surface area contributed by atoms with Crippen LogP contribution in [0.2, 0.25) is 0 Å². The third kappa shape index (κ3) is 4.11. The van der Waals surface area contributed by atoms with Crippen LogP contribution in [0.3, 0.4) is 0 Å². The van der Waals surface area contributed by atoms with Crippen LogP contribution in [0, 0.1) is 11.8 Å². The van der Waals surface area contributed by atoms with Crippen molar-refractivity contribution in [3.8, 4) is 17.6 Å². The molecule has 0 saturated carbocycles. The molecule has 0 saturated heterocycles. The van der Waals surface area contributed by atoms with Crippen molar-refractivity contribution in [2.45, 2.75) is 6.42 Å². The predicted molar refractivity (Wildman–Crippen MR) is 88.2 cm³/mol. The van der Waals surface area contributed by atoms with Crippen molar-refractivity contribution < 1.29 is 14.1 Å². The largest absolute Gasteiger partial charge is 0.479 e. The van der Waals surface area contributed by atoms with E-state index in [1.807, 2.05) is 24.3 Å². The number of fused-ring (bicyclic) bond motifs is 1. The van der Waals surface area contributed by atoms with E-state index in [0.29, 0.717) is 17.0 Å². The molecule has 2 aromatic heterocycles. The van der Waals surface area contributed by atoms with Gasteiger partial charge in [-0.25, -0.2) is 0 Å². The van der Waals surface area contributed by atoms with Gasteiger partial charge in [0.1, 0.15) is 18.1 Å². The molecular weight excluding hydrogens is 306 g/mol. The summed E-state index contributed by atoms with van der Waals surface area (Å²) in [5.41, 5.74) is 1.30. The number of para-hydroxylation sites is 1. The van der Waals surface area contributed by atoms with Crippen LogP contribution in [0.5, 0.6) is 5.75 Å². The Bertz CT molecular complexity index is 878. The summed E-state index contributed by atoms with van der Waals surface area (Å²) >= 11 is 0. The van der Waals surface area contributed by atoms with Gasteiger partial charge in [0.15, 0.2) is 5.58 Å². The average Bonchev–Trinajstić information content (AvgIpc) is 3.02. The SMILES string of the molecule is O=C(Cc1noc2ccccc12)NCC#CCOc1cccnc1. The molecule has 1 aromatic carbocycles. The summed E-state index contributed by atoms with van der Waals surface area (Å²) in [5.74, 6) is 6.17. The number of rotatable bonds is 5. The van der Waals surface area contributed by atoms with E-state index in [1.54, 1.807) is 24.5 Å². The average molecular weight is 321 g/mol. The van der Waals surface area contributed by atoms with E-state index in [9.17, 15) is 4.79 Å². The lowest BCUT2D eigenvalue weighted by atomic mass is 10.1. The summed E-state index contributed by atoms with van der Waals surface area (Å²) in [4.78, 5) is 15.8. The minimum Gasteiger partial charge on any atom is -0.479 e. The van der Waals surface area contributed by atoms with Gasteiger partial charge in [0.25, 0.3) is 0 Å². The molecule has 0 aliphatic carbocycles. The van der Waals surface area contributed by atoms with Gasteiger partial charge >= 0.3 is 0 Å². The van der Waals surface area contributed by atoms with E-state index in [-0.39, 0.29) is 25.5 Å². The number of carbonyl (C=O) groups excluding carboxylic acids is 1. The van der Waals surface area contributed by atoms with Crippen molar-refractivity contribution in [1.29, 1.82) is 0 Å². The number of aromatic nitrogens is 2. The molecule has 3 aromatic rings. The molecule has 2 heterocycles. The number of benzene rings is 1. The van der Waals surface area contributed by atoms with E-state index in [1.165, 1.54) is 0 Å². The fraction of sp³-hybridized carbons (Fsp3) is 0.167. The Hall–Kier alpha value is -3.33. The number of nitrogens with one attached hydrogen (secondary N) is 1. The Morgan fingerprint density at radius 3 is 3.00 bits per heavy atom. The van der Waals surface area contributed by atoms with E-state index in [2.05, 4.69) is 27.3 Å². The van der Waals surface area contributed by atoms with Gasteiger partial charge in [0.2, 0.25) is 5.91 Å². The van der Waals surface area contributed by atoms with Gasteiger partial charge in [0.05, 0.1) is 19.2 Å². The standard InChI is InChI=1S/C18H15N3O3/c22-18(12-16-15-7-1-2-8-17(15)24-21-16)20-10-3-4-11-23-14-6-5-9-19-13-14/h1-2,5-9,13H,10-12H2,(H,20,22). The highest BCUT2D eigenvalue weighted by Crippen LogP contribution is 2.17. The van der Waals surface area contributed by atoms with Gasteiger partial charge in [-0.15, -0.1) is 0 Å². The molecule has 6 nitrogen and oxygen atoms in total. The van der Waals surface area contributed by atoms with Crippen molar-refractivity contribution in [2.24, 2.45) is 0 Å². The lowest BCUT2D eigenvalue weighted by Gasteiger charge is -2.00. The molecule has 120 valence electrons. The highest BCUT2D eigenvalue weighted by Gasteiger charge is 2.11. The lowest BCUT2D eigenvalue weighted by molar-refractivity contribution is -0.120. The molecule has 0 atom stereocenters. The fourth-order valence-electron chi connectivity index (χ4n) is 2.09. The number of amides is 1. The highest BCUT2D eigenvalue weighted by atomic mass is 16.5. The van der Waals surface area contributed by atoms with Crippen LogP contribution in [0.25, 0.3) is 11.0 Å². The van der Waals surface area contributed by atoms with Gasteiger partial charge in [-0.3, -0.25) is 9.78 Å². The van der Waals surface area contributed by atoms with Crippen LogP contribution in [0.4, 0.5) is 0 Å². The molecule has 1 amide bonds. The van der Waals surface area contributed by atoms with Crippen LogP contribution in [0.15, 0.2) is 53.3 Å². The van der Waals surface area contributed by atoms with Gasteiger partial charge in [-0.1, -0.05) is 29.1 Å². The molecule has 1 N–H and O–H groups in total. The second-order valence-corrected chi connectivity index (χ2v) is 4.91. The molecule has 0 unspecified atom stereocenters. The first-order valence-electron chi connectivity index (χ1n) is 7.41. The number of nitrogens with zero attached hydrogens (tertiary/aromatic N) is 2. The number of hydrogen-bond donors (Lipinski definition) is 1. The summed E-state index contributed by atoms with van der Waals surface area (Å²) in [6.45, 7) is 0.501. The maximum absolute atomic E-state index is 11.9. The first-order valence-corrected chi connectivity index (χ1v) is 7.41. The van der Waals surface area contributed by atoms with Crippen molar-refractivity contribution in [3.63, 3.8) is 0 Å². The summed E-state index contributed by atoms with van der Waals surface area (Å²) in [5, 5.41) is 7.50. The van der Waals surface area contributed by atoms with Crippen LogP contribution in [-0.4, -0.2) is 29.2 Å². The van der Waals surface area contributed by atoms with E-state index < -0.39 is 0 Å². The van der Waals surface area contributed by atoms with Gasteiger partial charge in [0, 0.05) is 11.6 Å². The Labute approximate surface area is 138 Å². The minimum atomic E-state index is -0.156. The minimum absolute atomic E-state index is 0.156. The predicted octanol–water partition coefficient (Wildman–Crippen LogP) is 1.96. The molecule has 3 rings (SSSR count). The van der Waals surface area contributed by atoms with Gasteiger partial charge < -0.3 is 14.6 Å². The number of carbonyl (C=O) groups is 1. The zero-order valence-corrected chi connectivity index (χ0v) is 12.9. The highest BCUT2D eigenvalue weighted by molar-refractivity contribution is 5.86. The van der Waals surface area contributed by atoms with Crippen molar-refractivity contribution >= 4 is 16.9 Å². The summed E-state index contributed by atoms with van der Waals surface area (Å²) < 4.78 is 10.5. The van der Waals surface area contributed by atoms with Crippen LogP contribution < -0.4 is 10.1 Å². The topological polar surface area (TPSA) is 77.2 Å². The smallest absolute Gasteiger partial charge is 0.226 e. The molecule has 0 radical (unpaired) electrons. The molecule has 6 heteroatoms. The van der Waals surface area contributed by atoms with E-state index in [4.69, 9.17) is 9.26 Å². The van der Waals surface area contributed by atoms with Gasteiger partial charge in [-0.05, 0) is 24.3 Å². The Balaban J connectivity index is 1.42. The molecule has 0 spiro atoms. The summed E-state index contributed by atoms with van der Waals surface area (Å²) in [7, 11) is 0. The molecule has 0 aliphatic heterocycles. The monoisotopic (exact) mass is 321 g/mol. The number of hydrogen-bond acceptors (Lipinski definition) is 5. The maximum Gasteiger partial charge on any atom is 0.226 e. The first kappa shape index (κ1) is 15.6. The number of pyridine rings is 1. The molecule has 24 heavy (non-hydrogen) atoms. The molecular formula is C18H15N3O3. The normalized spacial score (nSPS) is 10.0. The van der Waals surface area contributed by atoms with Crippen molar-refractivity contribution in [3.05, 3.63) is 54.5 Å². The summed E-state index contributed by atoms with van der Waals surface area (Å²) in [6.07, 6.45) is 3.45. The third-order valence-electron chi connectivity index (χ3n) is 3.22. The molecule has 0 aliphatic rings. The molecule has 0 bridgehead atoms. The van der Waals surface area contributed by atoms with Crippen molar-refractivity contribution in [2.75, 3.05) is 13.2 Å². The van der Waals surface area contributed by atoms with Crippen LogP contribution in [0.1, 0.15) is 5.69 Å². The van der Waals surface area contributed by atoms with E-state index >= 15 is 0 Å². The first-order chi connectivity index (χ1) is 11.8. The Kier molecular flexibility index (Phi) is 5.05. The Morgan fingerprint density at radius 1 is 1.21 bits per heavy atom. The number of ether oxygens (including phenoxy) is 1.